The highest BCUT2D eigenvalue weighted by Gasteiger charge is 2.26. The van der Waals surface area contributed by atoms with Gasteiger partial charge in [-0.2, -0.15) is 0 Å². The molecule has 3 heteroatoms. The van der Waals surface area contributed by atoms with E-state index in [1.807, 2.05) is 0 Å². The Morgan fingerprint density at radius 3 is 2.33 bits per heavy atom. The molecule has 106 valence electrons. The van der Waals surface area contributed by atoms with Crippen molar-refractivity contribution in [2.24, 2.45) is 5.92 Å². The van der Waals surface area contributed by atoms with E-state index in [1.54, 1.807) is 0 Å². The molecule has 1 saturated heterocycles. The Labute approximate surface area is 113 Å². The number of hydrogen-bond acceptors (Lipinski definition) is 3. The minimum Gasteiger partial charge on any atom is -0.315 e. The molecule has 0 aromatic heterocycles. The van der Waals surface area contributed by atoms with E-state index in [0.717, 1.165) is 5.92 Å². The lowest BCUT2D eigenvalue weighted by Gasteiger charge is -2.34. The van der Waals surface area contributed by atoms with Gasteiger partial charge < -0.3 is 10.2 Å². The zero-order valence-corrected chi connectivity index (χ0v) is 12.2. The van der Waals surface area contributed by atoms with E-state index in [-0.39, 0.29) is 0 Å². The van der Waals surface area contributed by atoms with Gasteiger partial charge in [-0.05, 0) is 31.7 Å². The van der Waals surface area contributed by atoms with Gasteiger partial charge in [0.05, 0.1) is 0 Å². The van der Waals surface area contributed by atoms with E-state index in [9.17, 15) is 0 Å². The summed E-state index contributed by atoms with van der Waals surface area (Å²) in [7, 11) is 0. The topological polar surface area (TPSA) is 18.5 Å². The Morgan fingerprint density at radius 2 is 1.67 bits per heavy atom. The molecule has 0 aromatic carbocycles. The van der Waals surface area contributed by atoms with Crippen molar-refractivity contribution in [3.63, 3.8) is 0 Å². The first-order chi connectivity index (χ1) is 8.88. The van der Waals surface area contributed by atoms with Crippen LogP contribution in [0.4, 0.5) is 0 Å². The van der Waals surface area contributed by atoms with Crippen molar-refractivity contribution in [1.29, 1.82) is 0 Å². The van der Waals surface area contributed by atoms with Crippen molar-refractivity contribution in [2.45, 2.75) is 39.0 Å². The van der Waals surface area contributed by atoms with Gasteiger partial charge in [0, 0.05) is 45.8 Å². The van der Waals surface area contributed by atoms with E-state index in [4.69, 9.17) is 0 Å². The lowest BCUT2D eigenvalue weighted by molar-refractivity contribution is 0.129. The van der Waals surface area contributed by atoms with Crippen LogP contribution in [0.15, 0.2) is 0 Å². The summed E-state index contributed by atoms with van der Waals surface area (Å²) in [4.78, 5) is 5.29. The summed E-state index contributed by atoms with van der Waals surface area (Å²) in [5.74, 6) is 1.05. The van der Waals surface area contributed by atoms with E-state index < -0.39 is 0 Å². The van der Waals surface area contributed by atoms with Crippen LogP contribution in [0.1, 0.15) is 39.0 Å². The molecular weight excluding hydrogens is 222 g/mol. The lowest BCUT2D eigenvalue weighted by atomic mass is 10.2. The first-order valence-electron chi connectivity index (χ1n) is 8.04. The molecular formula is C15H31N3. The molecule has 3 nitrogen and oxygen atoms in total. The summed E-state index contributed by atoms with van der Waals surface area (Å²) >= 11 is 0. The third kappa shape index (κ3) is 5.68. The maximum Gasteiger partial charge on any atom is 0.0110 e. The standard InChI is InChI=1S/C15H31N3/c1-2-3-4-7-16-8-9-17-10-12-18(13-11-17)14-15-5-6-15/h15-16H,2-14H2,1H3. The largest absolute Gasteiger partial charge is 0.315 e. The van der Waals surface area contributed by atoms with Crippen LogP contribution in [-0.2, 0) is 0 Å². The van der Waals surface area contributed by atoms with Crippen molar-refractivity contribution in [3.8, 4) is 0 Å². The molecule has 18 heavy (non-hydrogen) atoms. The lowest BCUT2D eigenvalue weighted by Crippen LogP contribution is -2.48. The fourth-order valence-electron chi connectivity index (χ4n) is 2.72. The van der Waals surface area contributed by atoms with E-state index >= 15 is 0 Å². The summed E-state index contributed by atoms with van der Waals surface area (Å²) < 4.78 is 0. The first-order valence-corrected chi connectivity index (χ1v) is 8.04. The molecule has 2 aliphatic rings. The monoisotopic (exact) mass is 253 g/mol. The van der Waals surface area contributed by atoms with Crippen LogP contribution >= 0.6 is 0 Å². The van der Waals surface area contributed by atoms with Gasteiger partial charge >= 0.3 is 0 Å². The molecule has 1 N–H and O–H groups in total. The Morgan fingerprint density at radius 1 is 0.944 bits per heavy atom. The second-order valence-electron chi connectivity index (χ2n) is 6.04. The molecule has 0 unspecified atom stereocenters. The van der Waals surface area contributed by atoms with Crippen LogP contribution < -0.4 is 5.32 Å². The zero-order chi connectivity index (χ0) is 12.6. The van der Waals surface area contributed by atoms with Gasteiger partial charge in [-0.15, -0.1) is 0 Å². The van der Waals surface area contributed by atoms with Gasteiger partial charge in [-0.3, -0.25) is 4.90 Å². The van der Waals surface area contributed by atoms with Crippen LogP contribution in [0.5, 0.6) is 0 Å². The normalized spacial score (nSPS) is 22.5. The number of piperazine rings is 1. The third-order valence-corrected chi connectivity index (χ3v) is 4.24. The molecule has 0 amide bonds. The van der Waals surface area contributed by atoms with Crippen LogP contribution in [0.3, 0.4) is 0 Å². The summed E-state index contributed by atoms with van der Waals surface area (Å²) in [6, 6.07) is 0. The Hall–Kier alpha value is -0.120. The number of unbranched alkanes of at least 4 members (excludes halogenated alkanes) is 2. The van der Waals surface area contributed by atoms with Gasteiger partial charge in [0.25, 0.3) is 0 Å². The molecule has 0 bridgehead atoms. The molecule has 1 aliphatic carbocycles. The SMILES string of the molecule is CCCCCNCCN1CCN(CC2CC2)CC1. The highest BCUT2D eigenvalue weighted by atomic mass is 15.3. The van der Waals surface area contributed by atoms with Gasteiger partial charge in [0.15, 0.2) is 0 Å². The van der Waals surface area contributed by atoms with Crippen molar-refractivity contribution < 1.29 is 0 Å². The predicted molar refractivity (Wildman–Crippen MR) is 78.0 cm³/mol. The Bertz CT molecular complexity index is 208. The fourth-order valence-corrected chi connectivity index (χ4v) is 2.72. The zero-order valence-electron chi connectivity index (χ0n) is 12.2. The van der Waals surface area contributed by atoms with Crippen molar-refractivity contribution in [2.75, 3.05) is 52.4 Å². The molecule has 2 fully saturated rings. The smallest absolute Gasteiger partial charge is 0.0110 e. The average Bonchev–Trinajstić information content (AvgIpc) is 3.20. The number of hydrogen-bond donors (Lipinski definition) is 1. The minimum atomic E-state index is 1.05. The van der Waals surface area contributed by atoms with Crippen molar-refractivity contribution in [1.82, 2.24) is 15.1 Å². The fraction of sp³-hybridized carbons (Fsp3) is 1.00. The average molecular weight is 253 g/mol. The van der Waals surface area contributed by atoms with Crippen molar-refractivity contribution in [3.05, 3.63) is 0 Å². The van der Waals surface area contributed by atoms with Gasteiger partial charge in [0.2, 0.25) is 0 Å². The molecule has 0 spiro atoms. The summed E-state index contributed by atoms with van der Waals surface area (Å²) in [5, 5.41) is 3.57. The Kier molecular flexibility index (Phi) is 6.46. The van der Waals surface area contributed by atoms with Crippen LogP contribution in [0.25, 0.3) is 0 Å². The highest BCUT2D eigenvalue weighted by Crippen LogP contribution is 2.29. The summed E-state index contributed by atoms with van der Waals surface area (Å²) in [5.41, 5.74) is 0. The van der Waals surface area contributed by atoms with Crippen LogP contribution in [-0.4, -0.2) is 62.2 Å². The third-order valence-electron chi connectivity index (χ3n) is 4.24. The summed E-state index contributed by atoms with van der Waals surface area (Å²) in [6.45, 7) is 12.4. The second kappa shape index (κ2) is 8.13. The highest BCUT2D eigenvalue weighted by molar-refractivity contribution is 4.80. The van der Waals surface area contributed by atoms with Gasteiger partial charge in [0.1, 0.15) is 0 Å². The maximum atomic E-state index is 3.57. The van der Waals surface area contributed by atoms with E-state index in [1.165, 1.54) is 84.5 Å². The molecule has 0 radical (unpaired) electrons. The number of rotatable bonds is 9. The quantitative estimate of drug-likeness (QED) is 0.632. The van der Waals surface area contributed by atoms with Gasteiger partial charge in [-0.1, -0.05) is 19.8 Å². The van der Waals surface area contributed by atoms with E-state index in [2.05, 4.69) is 22.0 Å². The minimum absolute atomic E-state index is 1.05. The number of nitrogens with zero attached hydrogens (tertiary/aromatic N) is 2. The van der Waals surface area contributed by atoms with Crippen molar-refractivity contribution >= 4 is 0 Å². The molecule has 2 rings (SSSR count). The second-order valence-corrected chi connectivity index (χ2v) is 6.04. The molecule has 0 atom stereocenters. The summed E-state index contributed by atoms with van der Waals surface area (Å²) in [6.07, 6.45) is 7.01. The maximum absolute atomic E-state index is 3.57. The molecule has 1 heterocycles. The Balaban J connectivity index is 1.43. The van der Waals surface area contributed by atoms with E-state index in [0.29, 0.717) is 0 Å². The van der Waals surface area contributed by atoms with Crippen LogP contribution in [0, 0.1) is 5.92 Å². The van der Waals surface area contributed by atoms with Gasteiger partial charge in [-0.25, -0.2) is 0 Å². The molecule has 1 saturated carbocycles. The first kappa shape index (κ1) is 14.3. The van der Waals surface area contributed by atoms with Crippen LogP contribution in [0.2, 0.25) is 0 Å². The molecule has 0 aromatic rings. The predicted octanol–water partition coefficient (Wildman–Crippen LogP) is 1.79. The molecule has 1 aliphatic heterocycles. The number of nitrogens with one attached hydrogen (secondary N) is 1.